The first-order valence-electron chi connectivity index (χ1n) is 7.08. The van der Waals surface area contributed by atoms with Crippen molar-refractivity contribution in [2.75, 3.05) is 6.79 Å². The van der Waals surface area contributed by atoms with Crippen molar-refractivity contribution in [2.45, 2.75) is 20.4 Å². The fraction of sp³-hybridized carbons (Fsp3) is 0.438. The second-order valence-electron chi connectivity index (χ2n) is 6.19. The molecule has 2 aliphatic rings. The summed E-state index contributed by atoms with van der Waals surface area (Å²) in [5.41, 5.74) is 0.854. The van der Waals surface area contributed by atoms with Crippen LogP contribution >= 0.6 is 23.2 Å². The Morgan fingerprint density at radius 2 is 2.09 bits per heavy atom. The molecule has 1 fully saturated rings. The third kappa shape index (κ3) is 2.90. The highest BCUT2D eigenvalue weighted by atomic mass is 35.5. The lowest BCUT2D eigenvalue weighted by Gasteiger charge is -2.07. The summed E-state index contributed by atoms with van der Waals surface area (Å²) in [5.74, 6) is 1.44. The van der Waals surface area contributed by atoms with Crippen molar-refractivity contribution in [1.82, 2.24) is 5.32 Å². The summed E-state index contributed by atoms with van der Waals surface area (Å²) in [7, 11) is 0. The molecule has 1 aliphatic carbocycles. The van der Waals surface area contributed by atoms with Gasteiger partial charge in [-0.15, -0.1) is 0 Å². The normalized spacial score (nSPS) is 23.8. The molecule has 118 valence electrons. The Labute approximate surface area is 139 Å². The molecule has 6 heteroatoms. The van der Waals surface area contributed by atoms with E-state index in [2.05, 4.69) is 5.32 Å². The summed E-state index contributed by atoms with van der Waals surface area (Å²) in [6.45, 7) is 4.77. The van der Waals surface area contributed by atoms with Crippen LogP contribution in [0.25, 0.3) is 0 Å². The first-order chi connectivity index (χ1) is 10.4. The van der Waals surface area contributed by atoms with Crippen LogP contribution < -0.4 is 14.8 Å². The number of benzene rings is 1. The van der Waals surface area contributed by atoms with Gasteiger partial charge in [0.1, 0.15) is 4.49 Å². The van der Waals surface area contributed by atoms with Gasteiger partial charge in [0.25, 0.3) is 0 Å². The number of hydrogen-bond donors (Lipinski definition) is 1. The highest BCUT2D eigenvalue weighted by molar-refractivity contribution is 6.55. The van der Waals surface area contributed by atoms with E-state index in [1.807, 2.05) is 32.0 Å². The van der Waals surface area contributed by atoms with Gasteiger partial charge in [0.2, 0.25) is 12.7 Å². The smallest absolute Gasteiger partial charge is 0.231 e. The number of hydrogen-bond acceptors (Lipinski definition) is 3. The molecule has 1 heterocycles. The molecule has 1 amide bonds. The zero-order chi connectivity index (χ0) is 15.9. The Balaban J connectivity index is 1.60. The van der Waals surface area contributed by atoms with Crippen LogP contribution in [0.4, 0.5) is 0 Å². The highest BCUT2D eigenvalue weighted by Crippen LogP contribution is 2.59. The summed E-state index contributed by atoms with van der Waals surface area (Å²) in [6.07, 6.45) is 1.74. The van der Waals surface area contributed by atoms with Gasteiger partial charge in [0.15, 0.2) is 11.5 Å². The third-order valence-electron chi connectivity index (χ3n) is 4.40. The first-order valence-corrected chi connectivity index (χ1v) is 7.84. The molecule has 0 spiro atoms. The molecule has 1 aromatic carbocycles. The third-order valence-corrected chi connectivity index (χ3v) is 4.65. The molecule has 0 aromatic heterocycles. The van der Waals surface area contributed by atoms with Gasteiger partial charge in [0, 0.05) is 6.54 Å². The Hall–Kier alpha value is -1.39. The molecular weight excluding hydrogens is 325 g/mol. The number of carbonyl (C=O) groups is 1. The van der Waals surface area contributed by atoms with Crippen LogP contribution in [0.15, 0.2) is 28.8 Å². The summed E-state index contributed by atoms with van der Waals surface area (Å²) in [5, 5.41) is 2.96. The van der Waals surface area contributed by atoms with Crippen LogP contribution in [0.1, 0.15) is 19.4 Å². The SMILES string of the molecule is CC1(C)[C@H](C(=O)NCc2ccc3c(c2)OCO3)[C@@H]1C=C(Cl)Cl. The van der Waals surface area contributed by atoms with E-state index >= 15 is 0 Å². The highest BCUT2D eigenvalue weighted by Gasteiger charge is 2.60. The predicted molar refractivity (Wildman–Crippen MR) is 85.0 cm³/mol. The zero-order valence-corrected chi connectivity index (χ0v) is 13.9. The number of fused-ring (bicyclic) bond motifs is 1. The topological polar surface area (TPSA) is 47.6 Å². The van der Waals surface area contributed by atoms with Crippen molar-refractivity contribution in [3.63, 3.8) is 0 Å². The minimum atomic E-state index is -0.117. The van der Waals surface area contributed by atoms with E-state index in [1.165, 1.54) is 0 Å². The monoisotopic (exact) mass is 341 g/mol. The van der Waals surface area contributed by atoms with Gasteiger partial charge in [-0.1, -0.05) is 43.1 Å². The molecule has 4 nitrogen and oxygen atoms in total. The van der Waals surface area contributed by atoms with Crippen molar-refractivity contribution in [3.05, 3.63) is 34.3 Å². The molecule has 1 aliphatic heterocycles. The van der Waals surface area contributed by atoms with E-state index in [4.69, 9.17) is 32.7 Å². The zero-order valence-electron chi connectivity index (χ0n) is 12.4. The summed E-state index contributed by atoms with van der Waals surface area (Å²) < 4.78 is 10.8. The quantitative estimate of drug-likeness (QED) is 0.909. The van der Waals surface area contributed by atoms with Gasteiger partial charge in [-0.2, -0.15) is 0 Å². The molecule has 0 bridgehead atoms. The van der Waals surface area contributed by atoms with Gasteiger partial charge >= 0.3 is 0 Å². The number of nitrogens with one attached hydrogen (secondary N) is 1. The van der Waals surface area contributed by atoms with E-state index in [0.29, 0.717) is 12.3 Å². The molecular formula is C16H17Cl2NO3. The minimum absolute atomic E-state index is 0.0125. The Morgan fingerprint density at radius 3 is 2.82 bits per heavy atom. The van der Waals surface area contributed by atoms with E-state index in [9.17, 15) is 4.79 Å². The Bertz CT molecular complexity index is 638. The van der Waals surface area contributed by atoms with E-state index in [0.717, 1.165) is 11.3 Å². The van der Waals surface area contributed by atoms with Crippen LogP contribution in [0.3, 0.4) is 0 Å². The Kier molecular flexibility index (Phi) is 4.00. The number of carbonyl (C=O) groups excluding carboxylic acids is 1. The molecule has 3 rings (SSSR count). The van der Waals surface area contributed by atoms with Crippen molar-refractivity contribution in [2.24, 2.45) is 17.3 Å². The van der Waals surface area contributed by atoms with Crippen molar-refractivity contribution < 1.29 is 14.3 Å². The lowest BCUT2D eigenvalue weighted by atomic mass is 10.1. The largest absolute Gasteiger partial charge is 0.454 e. The molecule has 0 radical (unpaired) electrons. The van der Waals surface area contributed by atoms with Gasteiger partial charge in [0.05, 0.1) is 5.92 Å². The molecule has 1 aromatic rings. The summed E-state index contributed by atoms with van der Waals surface area (Å²) in [4.78, 5) is 12.3. The number of amides is 1. The van der Waals surface area contributed by atoms with Crippen molar-refractivity contribution in [3.8, 4) is 11.5 Å². The van der Waals surface area contributed by atoms with Crippen molar-refractivity contribution >= 4 is 29.1 Å². The van der Waals surface area contributed by atoms with Gasteiger partial charge in [-0.25, -0.2) is 0 Å². The Morgan fingerprint density at radius 1 is 1.36 bits per heavy atom. The van der Waals surface area contributed by atoms with Crippen LogP contribution in [0.2, 0.25) is 0 Å². The number of rotatable bonds is 4. The average molecular weight is 342 g/mol. The molecule has 1 saturated carbocycles. The lowest BCUT2D eigenvalue weighted by molar-refractivity contribution is -0.123. The number of halogens is 2. The minimum Gasteiger partial charge on any atom is -0.454 e. The average Bonchev–Trinajstić information content (AvgIpc) is 2.83. The first kappa shape index (κ1) is 15.5. The van der Waals surface area contributed by atoms with Crippen LogP contribution in [-0.2, 0) is 11.3 Å². The fourth-order valence-corrected chi connectivity index (χ4v) is 3.25. The standard InChI is InChI=1S/C16H17Cl2NO3/c1-16(2)10(6-13(17)18)14(16)15(20)19-7-9-3-4-11-12(5-9)22-8-21-11/h3-6,10,14H,7-8H2,1-2H3,(H,19,20)/t10-,14-/m0/s1. The van der Waals surface area contributed by atoms with E-state index in [-0.39, 0.29) is 34.4 Å². The predicted octanol–water partition coefficient (Wildman–Crippen LogP) is 3.62. The fourth-order valence-electron chi connectivity index (χ4n) is 2.98. The van der Waals surface area contributed by atoms with Crippen LogP contribution in [-0.4, -0.2) is 12.7 Å². The maximum atomic E-state index is 12.3. The molecule has 0 saturated heterocycles. The van der Waals surface area contributed by atoms with Crippen LogP contribution in [0, 0.1) is 17.3 Å². The van der Waals surface area contributed by atoms with Gasteiger partial charge in [-0.05, 0) is 35.1 Å². The molecule has 0 unspecified atom stereocenters. The maximum Gasteiger partial charge on any atom is 0.231 e. The molecule has 1 N–H and O–H groups in total. The van der Waals surface area contributed by atoms with Gasteiger partial charge < -0.3 is 14.8 Å². The molecule has 22 heavy (non-hydrogen) atoms. The van der Waals surface area contributed by atoms with Crippen LogP contribution in [0.5, 0.6) is 11.5 Å². The van der Waals surface area contributed by atoms with Crippen molar-refractivity contribution in [1.29, 1.82) is 0 Å². The maximum absolute atomic E-state index is 12.3. The second-order valence-corrected chi connectivity index (χ2v) is 7.19. The second kappa shape index (κ2) is 5.67. The lowest BCUT2D eigenvalue weighted by Crippen LogP contribution is -2.26. The number of ether oxygens (including phenoxy) is 2. The van der Waals surface area contributed by atoms with E-state index in [1.54, 1.807) is 6.08 Å². The van der Waals surface area contributed by atoms with E-state index < -0.39 is 0 Å². The summed E-state index contributed by atoms with van der Waals surface area (Å²) >= 11 is 11.4. The van der Waals surface area contributed by atoms with Gasteiger partial charge in [-0.3, -0.25) is 4.79 Å². The molecule has 2 atom stereocenters. The summed E-state index contributed by atoms with van der Waals surface area (Å²) in [6, 6.07) is 5.65. The number of allylic oxidation sites excluding steroid dienone is 1.